The van der Waals surface area contributed by atoms with E-state index in [9.17, 15) is 4.79 Å². The number of hydrogen-bond acceptors (Lipinski definition) is 5. The Morgan fingerprint density at radius 2 is 2.35 bits per heavy atom. The molecule has 0 radical (unpaired) electrons. The zero-order valence-corrected chi connectivity index (χ0v) is 9.99. The maximum atomic E-state index is 10.8. The molecular formula is C11H11N3O2S. The number of carbonyl (C=O) groups is 1. The van der Waals surface area contributed by atoms with Gasteiger partial charge in [-0.1, -0.05) is 0 Å². The van der Waals surface area contributed by atoms with Crippen molar-refractivity contribution in [3.05, 3.63) is 40.1 Å². The normalized spacial score (nSPS) is 10.2. The van der Waals surface area contributed by atoms with Crippen LogP contribution in [0, 0.1) is 6.92 Å². The van der Waals surface area contributed by atoms with E-state index in [-0.39, 0.29) is 5.56 Å². The van der Waals surface area contributed by atoms with E-state index in [1.54, 1.807) is 23.6 Å². The molecule has 88 valence electrons. The van der Waals surface area contributed by atoms with Gasteiger partial charge in [0, 0.05) is 23.5 Å². The van der Waals surface area contributed by atoms with Crippen LogP contribution in [0.2, 0.25) is 0 Å². The number of hydrogen-bond donors (Lipinski definition) is 2. The molecule has 2 rings (SSSR count). The summed E-state index contributed by atoms with van der Waals surface area (Å²) in [5.41, 5.74) is 1.84. The number of carboxylic acids is 1. The summed E-state index contributed by atoms with van der Waals surface area (Å²) in [4.78, 5) is 18.9. The number of nitrogens with one attached hydrogen (secondary N) is 1. The average molecular weight is 249 g/mol. The van der Waals surface area contributed by atoms with Gasteiger partial charge in [-0.25, -0.2) is 9.78 Å². The van der Waals surface area contributed by atoms with Crippen molar-refractivity contribution in [2.24, 2.45) is 0 Å². The number of aryl methyl sites for hydroxylation is 1. The molecule has 2 aromatic heterocycles. The molecule has 0 saturated carbocycles. The van der Waals surface area contributed by atoms with Crippen LogP contribution >= 0.6 is 11.3 Å². The largest absolute Gasteiger partial charge is 0.478 e. The monoisotopic (exact) mass is 249 g/mol. The highest BCUT2D eigenvalue weighted by atomic mass is 32.1. The van der Waals surface area contributed by atoms with Crippen LogP contribution < -0.4 is 5.32 Å². The fourth-order valence-corrected chi connectivity index (χ4v) is 2.03. The first kappa shape index (κ1) is 11.5. The van der Waals surface area contributed by atoms with Crippen LogP contribution in [0.3, 0.4) is 0 Å². The smallest absolute Gasteiger partial charge is 0.337 e. The van der Waals surface area contributed by atoms with Crippen molar-refractivity contribution >= 4 is 23.0 Å². The van der Waals surface area contributed by atoms with Gasteiger partial charge in [0.1, 0.15) is 5.01 Å². The lowest BCUT2D eigenvalue weighted by molar-refractivity contribution is 0.0696. The lowest BCUT2D eigenvalue weighted by Gasteiger charge is -2.04. The Balaban J connectivity index is 2.04. The highest BCUT2D eigenvalue weighted by Gasteiger charge is 2.04. The molecule has 0 aliphatic rings. The summed E-state index contributed by atoms with van der Waals surface area (Å²) < 4.78 is 0. The number of aromatic nitrogens is 2. The van der Waals surface area contributed by atoms with E-state index < -0.39 is 5.97 Å². The van der Waals surface area contributed by atoms with Crippen molar-refractivity contribution in [1.29, 1.82) is 0 Å². The minimum Gasteiger partial charge on any atom is -0.478 e. The van der Waals surface area contributed by atoms with Crippen molar-refractivity contribution in [3.8, 4) is 0 Å². The quantitative estimate of drug-likeness (QED) is 0.868. The van der Waals surface area contributed by atoms with Crippen LogP contribution in [0.4, 0.5) is 5.69 Å². The van der Waals surface area contributed by atoms with Gasteiger partial charge in [-0.2, -0.15) is 0 Å². The maximum Gasteiger partial charge on any atom is 0.337 e. The number of aromatic carboxylic acids is 1. The lowest BCUT2D eigenvalue weighted by Crippen LogP contribution is -2.02. The SMILES string of the molecule is Cc1csc(CNc2cncc(C(=O)O)c2)n1. The van der Waals surface area contributed by atoms with E-state index >= 15 is 0 Å². The van der Waals surface area contributed by atoms with E-state index in [4.69, 9.17) is 5.11 Å². The van der Waals surface area contributed by atoms with Crippen molar-refractivity contribution in [2.45, 2.75) is 13.5 Å². The van der Waals surface area contributed by atoms with Gasteiger partial charge in [-0.05, 0) is 13.0 Å². The van der Waals surface area contributed by atoms with E-state index in [0.29, 0.717) is 12.2 Å². The zero-order valence-electron chi connectivity index (χ0n) is 9.17. The van der Waals surface area contributed by atoms with Crippen LogP contribution in [0.25, 0.3) is 0 Å². The molecule has 0 unspecified atom stereocenters. The Labute approximate surface area is 102 Å². The van der Waals surface area contributed by atoms with Gasteiger partial charge in [0.2, 0.25) is 0 Å². The van der Waals surface area contributed by atoms with Gasteiger partial charge in [0.25, 0.3) is 0 Å². The minimum absolute atomic E-state index is 0.172. The highest BCUT2D eigenvalue weighted by molar-refractivity contribution is 7.09. The molecule has 0 spiro atoms. The van der Waals surface area contributed by atoms with E-state index in [1.807, 2.05) is 12.3 Å². The van der Waals surface area contributed by atoms with E-state index in [1.165, 1.54) is 6.20 Å². The molecule has 0 bridgehead atoms. The Morgan fingerprint density at radius 3 is 3.00 bits per heavy atom. The maximum absolute atomic E-state index is 10.8. The van der Waals surface area contributed by atoms with Crippen molar-refractivity contribution in [1.82, 2.24) is 9.97 Å². The molecular weight excluding hydrogens is 238 g/mol. The van der Waals surface area contributed by atoms with Gasteiger partial charge in [0.05, 0.1) is 17.8 Å². The fraction of sp³-hybridized carbons (Fsp3) is 0.182. The van der Waals surface area contributed by atoms with Crippen molar-refractivity contribution in [2.75, 3.05) is 5.32 Å². The summed E-state index contributed by atoms with van der Waals surface area (Å²) in [5.74, 6) is -0.980. The molecule has 17 heavy (non-hydrogen) atoms. The fourth-order valence-electron chi connectivity index (χ4n) is 1.32. The summed E-state index contributed by atoms with van der Waals surface area (Å²) in [6, 6.07) is 1.55. The van der Waals surface area contributed by atoms with Gasteiger partial charge >= 0.3 is 5.97 Å². The molecule has 5 nitrogen and oxygen atoms in total. The summed E-state index contributed by atoms with van der Waals surface area (Å²) in [6.07, 6.45) is 2.91. The molecule has 2 N–H and O–H groups in total. The number of rotatable bonds is 4. The Morgan fingerprint density at radius 1 is 1.53 bits per heavy atom. The summed E-state index contributed by atoms with van der Waals surface area (Å²) >= 11 is 1.57. The molecule has 0 aliphatic carbocycles. The second-order valence-electron chi connectivity index (χ2n) is 3.50. The topological polar surface area (TPSA) is 75.1 Å². The van der Waals surface area contributed by atoms with Crippen LogP contribution in [0.15, 0.2) is 23.8 Å². The summed E-state index contributed by atoms with van der Waals surface area (Å²) in [7, 11) is 0. The van der Waals surface area contributed by atoms with Gasteiger partial charge in [-0.15, -0.1) is 11.3 Å². The molecule has 0 atom stereocenters. The lowest BCUT2D eigenvalue weighted by atomic mass is 10.2. The standard InChI is InChI=1S/C11H11N3O2S/c1-7-6-17-10(14-7)5-13-9-2-8(11(15)16)3-12-4-9/h2-4,6,13H,5H2,1H3,(H,15,16). The van der Waals surface area contributed by atoms with Crippen LogP contribution in [0.5, 0.6) is 0 Å². The third-order valence-corrected chi connectivity index (χ3v) is 3.06. The van der Waals surface area contributed by atoms with Crippen LogP contribution in [-0.4, -0.2) is 21.0 Å². The first-order chi connectivity index (χ1) is 8.15. The molecule has 0 fully saturated rings. The van der Waals surface area contributed by atoms with Crippen molar-refractivity contribution in [3.63, 3.8) is 0 Å². The van der Waals surface area contributed by atoms with Gasteiger partial charge < -0.3 is 10.4 Å². The predicted octanol–water partition coefficient (Wildman–Crippen LogP) is 2.16. The summed E-state index contributed by atoms with van der Waals surface area (Å²) in [6.45, 7) is 2.51. The number of anilines is 1. The minimum atomic E-state index is -0.980. The average Bonchev–Trinajstić information content (AvgIpc) is 2.73. The van der Waals surface area contributed by atoms with E-state index in [0.717, 1.165) is 10.7 Å². The number of thiazole rings is 1. The third kappa shape index (κ3) is 3.01. The Kier molecular flexibility index (Phi) is 3.34. The van der Waals surface area contributed by atoms with Crippen LogP contribution in [0.1, 0.15) is 21.1 Å². The molecule has 6 heteroatoms. The second kappa shape index (κ2) is 4.92. The molecule has 2 heterocycles. The van der Waals surface area contributed by atoms with Gasteiger partial charge in [0.15, 0.2) is 0 Å². The first-order valence-electron chi connectivity index (χ1n) is 4.98. The molecule has 0 amide bonds. The number of carboxylic acid groups (broad SMARTS) is 1. The first-order valence-corrected chi connectivity index (χ1v) is 5.86. The zero-order chi connectivity index (χ0) is 12.3. The van der Waals surface area contributed by atoms with E-state index in [2.05, 4.69) is 15.3 Å². The third-order valence-electron chi connectivity index (χ3n) is 2.10. The molecule has 0 saturated heterocycles. The Bertz CT molecular complexity index is 539. The van der Waals surface area contributed by atoms with Gasteiger partial charge in [-0.3, -0.25) is 4.98 Å². The molecule has 2 aromatic rings. The predicted molar refractivity (Wildman–Crippen MR) is 65.4 cm³/mol. The summed E-state index contributed by atoms with van der Waals surface area (Å²) in [5, 5.41) is 14.8. The number of nitrogens with zero attached hydrogens (tertiary/aromatic N) is 2. The van der Waals surface area contributed by atoms with Crippen molar-refractivity contribution < 1.29 is 9.90 Å². The number of pyridine rings is 1. The highest BCUT2D eigenvalue weighted by Crippen LogP contribution is 2.13. The Hall–Kier alpha value is -1.95. The molecule has 0 aliphatic heterocycles. The van der Waals surface area contributed by atoms with Crippen LogP contribution in [-0.2, 0) is 6.54 Å². The second-order valence-corrected chi connectivity index (χ2v) is 4.45. The molecule has 0 aromatic carbocycles.